The molecular weight excluding hydrogens is 257 g/mol. The molecule has 1 atom stereocenters. The Morgan fingerprint density at radius 3 is 2.35 bits per heavy atom. The first-order chi connectivity index (χ1) is 9.56. The first kappa shape index (κ1) is 14.3. The van der Waals surface area contributed by atoms with Gasteiger partial charge in [-0.05, 0) is 31.2 Å². The van der Waals surface area contributed by atoms with Gasteiger partial charge in [0.25, 0.3) is 0 Å². The number of aliphatic hydroxyl groups excluding tert-OH is 1. The Labute approximate surface area is 118 Å². The summed E-state index contributed by atoms with van der Waals surface area (Å²) in [5.74, 6) is 0.273. The molecule has 0 radical (unpaired) electrons. The molecule has 0 aliphatic rings. The largest absolute Gasteiger partial charge is 0.496 e. The number of benzene rings is 2. The average molecular weight is 275 g/mol. The third-order valence-corrected chi connectivity index (χ3v) is 3.26. The molecule has 1 N–H and O–H groups in total. The zero-order valence-electron chi connectivity index (χ0n) is 11.8. The molecule has 0 heterocycles. The lowest BCUT2D eigenvalue weighted by Crippen LogP contribution is -2.15. The van der Waals surface area contributed by atoms with Crippen molar-refractivity contribution in [3.8, 4) is 5.75 Å². The normalized spacial score (nSPS) is 12.1. The van der Waals surface area contributed by atoms with Crippen LogP contribution in [-0.4, -0.2) is 19.3 Å². The predicted molar refractivity (Wildman–Crippen MR) is 78.1 cm³/mol. The van der Waals surface area contributed by atoms with Crippen molar-refractivity contribution in [3.63, 3.8) is 0 Å². The van der Waals surface area contributed by atoms with Crippen LogP contribution in [-0.2, 0) is 0 Å². The van der Waals surface area contributed by atoms with Crippen LogP contribution in [0.1, 0.15) is 18.6 Å². The molecule has 0 saturated carbocycles. The maximum Gasteiger partial charge on any atom is 0.146 e. The van der Waals surface area contributed by atoms with Crippen LogP contribution < -0.4 is 9.64 Å². The number of para-hydroxylation sites is 1. The lowest BCUT2D eigenvalue weighted by molar-refractivity contribution is 0.195. The molecule has 106 valence electrons. The summed E-state index contributed by atoms with van der Waals surface area (Å²) in [6, 6.07) is 12.0. The van der Waals surface area contributed by atoms with E-state index < -0.39 is 6.10 Å². The van der Waals surface area contributed by atoms with Crippen molar-refractivity contribution < 1.29 is 14.2 Å². The van der Waals surface area contributed by atoms with E-state index in [4.69, 9.17) is 4.74 Å². The highest BCUT2D eigenvalue weighted by Gasteiger charge is 2.19. The molecule has 0 unspecified atom stereocenters. The van der Waals surface area contributed by atoms with Crippen molar-refractivity contribution in [2.45, 2.75) is 13.0 Å². The summed E-state index contributed by atoms with van der Waals surface area (Å²) in [7, 11) is 3.31. The minimum absolute atomic E-state index is 0.311. The van der Waals surface area contributed by atoms with Gasteiger partial charge < -0.3 is 14.7 Å². The van der Waals surface area contributed by atoms with E-state index in [-0.39, 0.29) is 5.82 Å². The van der Waals surface area contributed by atoms with Gasteiger partial charge in [0.1, 0.15) is 11.6 Å². The quantitative estimate of drug-likeness (QED) is 0.924. The highest BCUT2D eigenvalue weighted by Crippen LogP contribution is 2.37. The highest BCUT2D eigenvalue weighted by atomic mass is 19.1. The van der Waals surface area contributed by atoms with E-state index in [2.05, 4.69) is 0 Å². The second-order valence-electron chi connectivity index (χ2n) is 4.58. The molecule has 2 rings (SSSR count). The maximum atomic E-state index is 13.9. The van der Waals surface area contributed by atoms with E-state index in [1.54, 1.807) is 50.2 Å². The zero-order chi connectivity index (χ0) is 14.7. The Morgan fingerprint density at radius 2 is 1.75 bits per heavy atom. The first-order valence-corrected chi connectivity index (χ1v) is 6.39. The van der Waals surface area contributed by atoms with E-state index in [1.165, 1.54) is 6.07 Å². The summed E-state index contributed by atoms with van der Waals surface area (Å²) in [6.45, 7) is 1.66. The van der Waals surface area contributed by atoms with Crippen LogP contribution in [0.5, 0.6) is 5.75 Å². The van der Waals surface area contributed by atoms with Crippen molar-refractivity contribution in [2.24, 2.45) is 0 Å². The monoisotopic (exact) mass is 275 g/mol. The van der Waals surface area contributed by atoms with Gasteiger partial charge in [-0.15, -0.1) is 0 Å². The van der Waals surface area contributed by atoms with Crippen LogP contribution in [0.25, 0.3) is 0 Å². The highest BCUT2D eigenvalue weighted by molar-refractivity contribution is 5.69. The zero-order valence-corrected chi connectivity index (χ0v) is 11.8. The third-order valence-electron chi connectivity index (χ3n) is 3.26. The van der Waals surface area contributed by atoms with E-state index in [9.17, 15) is 9.50 Å². The summed E-state index contributed by atoms with van der Waals surface area (Å²) in [5.41, 5.74) is 1.80. The van der Waals surface area contributed by atoms with Crippen molar-refractivity contribution in [1.29, 1.82) is 0 Å². The summed E-state index contributed by atoms with van der Waals surface area (Å²) in [4.78, 5) is 1.71. The first-order valence-electron chi connectivity index (χ1n) is 6.39. The number of ether oxygens (including phenoxy) is 1. The second kappa shape index (κ2) is 5.92. The smallest absolute Gasteiger partial charge is 0.146 e. The average Bonchev–Trinajstić information content (AvgIpc) is 2.46. The number of hydrogen-bond donors (Lipinski definition) is 1. The summed E-state index contributed by atoms with van der Waals surface area (Å²) < 4.78 is 19.2. The van der Waals surface area contributed by atoms with Crippen LogP contribution in [0.15, 0.2) is 42.5 Å². The molecule has 3 nitrogen and oxygen atoms in total. The van der Waals surface area contributed by atoms with Gasteiger partial charge in [0, 0.05) is 12.6 Å². The van der Waals surface area contributed by atoms with E-state index in [0.29, 0.717) is 22.7 Å². The molecule has 0 aliphatic carbocycles. The van der Waals surface area contributed by atoms with Gasteiger partial charge in [0.05, 0.1) is 24.6 Å². The fourth-order valence-electron chi connectivity index (χ4n) is 2.28. The molecule has 0 aromatic heterocycles. The van der Waals surface area contributed by atoms with Gasteiger partial charge in [-0.1, -0.05) is 18.2 Å². The van der Waals surface area contributed by atoms with Gasteiger partial charge >= 0.3 is 0 Å². The number of hydrogen-bond acceptors (Lipinski definition) is 3. The van der Waals surface area contributed by atoms with Crippen molar-refractivity contribution in [1.82, 2.24) is 0 Å². The number of aliphatic hydroxyl groups is 1. The molecule has 0 spiro atoms. The van der Waals surface area contributed by atoms with Crippen LogP contribution in [0, 0.1) is 5.82 Å². The van der Waals surface area contributed by atoms with Gasteiger partial charge in [-0.25, -0.2) is 4.39 Å². The molecule has 4 heteroatoms. The van der Waals surface area contributed by atoms with Crippen LogP contribution in [0.2, 0.25) is 0 Å². The molecule has 0 fully saturated rings. The fourth-order valence-corrected chi connectivity index (χ4v) is 2.28. The van der Waals surface area contributed by atoms with Gasteiger partial charge in [0.15, 0.2) is 0 Å². The number of rotatable bonds is 4. The fraction of sp³-hybridized carbons (Fsp3) is 0.250. The van der Waals surface area contributed by atoms with Gasteiger partial charge in [-0.2, -0.15) is 0 Å². The molecule has 0 aliphatic heterocycles. The van der Waals surface area contributed by atoms with Crippen LogP contribution in [0.4, 0.5) is 15.8 Å². The topological polar surface area (TPSA) is 32.7 Å². The molecule has 0 saturated heterocycles. The van der Waals surface area contributed by atoms with Crippen LogP contribution in [0.3, 0.4) is 0 Å². The minimum atomic E-state index is -0.713. The van der Waals surface area contributed by atoms with Gasteiger partial charge in [-0.3, -0.25) is 0 Å². The number of anilines is 2. The molecule has 0 amide bonds. The summed E-state index contributed by atoms with van der Waals surface area (Å²) >= 11 is 0. The minimum Gasteiger partial charge on any atom is -0.496 e. The van der Waals surface area contributed by atoms with Gasteiger partial charge in [0.2, 0.25) is 0 Å². The Balaban J connectivity index is 2.55. The van der Waals surface area contributed by atoms with Crippen molar-refractivity contribution in [2.75, 3.05) is 19.1 Å². The maximum absolute atomic E-state index is 13.9. The molecule has 0 bridgehead atoms. The van der Waals surface area contributed by atoms with Crippen LogP contribution >= 0.6 is 0 Å². The molecule has 2 aromatic rings. The van der Waals surface area contributed by atoms with E-state index in [1.807, 2.05) is 12.1 Å². The second-order valence-corrected chi connectivity index (χ2v) is 4.58. The Morgan fingerprint density at radius 1 is 1.10 bits per heavy atom. The van der Waals surface area contributed by atoms with E-state index >= 15 is 0 Å². The standard InChI is InChI=1S/C16H18FNO2/c1-11(19)16-14(9-6-10-15(16)20-3)18(2)13-8-5-4-7-12(13)17/h4-11,19H,1-3H3/t11-/m1/s1. The molecule has 20 heavy (non-hydrogen) atoms. The Bertz CT molecular complexity index is 599. The molecule has 2 aromatic carbocycles. The van der Waals surface area contributed by atoms with E-state index in [0.717, 1.165) is 0 Å². The van der Waals surface area contributed by atoms with Crippen molar-refractivity contribution >= 4 is 11.4 Å². The predicted octanol–water partition coefficient (Wildman–Crippen LogP) is 3.66. The summed E-state index contributed by atoms with van der Waals surface area (Å²) in [5, 5.41) is 9.98. The lowest BCUT2D eigenvalue weighted by atomic mass is 10.1. The number of methoxy groups -OCH3 is 1. The van der Waals surface area contributed by atoms with Crippen molar-refractivity contribution in [3.05, 3.63) is 53.8 Å². The third kappa shape index (κ3) is 2.60. The number of halogens is 1. The Hall–Kier alpha value is -2.07. The molecular formula is C16H18FNO2. The summed E-state index contributed by atoms with van der Waals surface area (Å²) in [6.07, 6.45) is -0.713. The SMILES string of the molecule is COc1cccc(N(C)c2ccccc2F)c1[C@@H](C)O. The lowest BCUT2D eigenvalue weighted by Gasteiger charge is -2.25. The Kier molecular flexibility index (Phi) is 4.25. The number of nitrogens with zero attached hydrogens (tertiary/aromatic N) is 1.